The van der Waals surface area contributed by atoms with Gasteiger partial charge < -0.3 is 44.9 Å². The van der Waals surface area contributed by atoms with E-state index in [1.807, 2.05) is 57.2 Å². The number of carbonyl (C=O) groups is 2. The Morgan fingerprint density at radius 2 is 1.71 bits per heavy atom. The second-order valence-electron chi connectivity index (χ2n) is 20.5. The van der Waals surface area contributed by atoms with Gasteiger partial charge in [-0.05, 0) is 48.1 Å². The molecule has 3 aliphatic rings. The van der Waals surface area contributed by atoms with E-state index in [1.54, 1.807) is 56.2 Å². The first-order chi connectivity index (χ1) is 38.2. The number of likely N-dealkylation sites (tertiary alicyclic amines) is 1. The summed E-state index contributed by atoms with van der Waals surface area (Å²) in [6, 6.07) is 17.3. The van der Waals surface area contributed by atoms with Crippen LogP contribution in [0.5, 0.6) is 11.8 Å². The Labute approximate surface area is 468 Å². The zero-order valence-electron chi connectivity index (χ0n) is 43.4. The predicted octanol–water partition coefficient (Wildman–Crippen LogP) is 8.14. The van der Waals surface area contributed by atoms with Gasteiger partial charge in [0.1, 0.15) is 48.1 Å². The van der Waals surface area contributed by atoms with Gasteiger partial charge in [0.05, 0.1) is 57.8 Å². The number of ether oxygens (including phenoxy) is 3. The average molecular weight is 1130 g/mol. The van der Waals surface area contributed by atoms with E-state index in [0.29, 0.717) is 61.6 Å². The van der Waals surface area contributed by atoms with Crippen molar-refractivity contribution >= 4 is 74.2 Å². The van der Waals surface area contributed by atoms with Crippen molar-refractivity contribution in [3.05, 3.63) is 124 Å². The monoisotopic (exact) mass is 1130 g/mol. The predicted molar refractivity (Wildman–Crippen MR) is 297 cm³/mol. The van der Waals surface area contributed by atoms with E-state index >= 15 is 4.39 Å². The fourth-order valence-electron chi connectivity index (χ4n) is 10.8. The van der Waals surface area contributed by atoms with E-state index in [1.165, 1.54) is 15.6 Å². The first-order valence-electron chi connectivity index (χ1n) is 25.9. The number of nitrogens with zero attached hydrogens (tertiary/aromatic N) is 9. The molecule has 3 fully saturated rings. The summed E-state index contributed by atoms with van der Waals surface area (Å²) in [6.45, 7) is 6.79. The minimum absolute atomic E-state index is 0.00136. The fourth-order valence-corrected chi connectivity index (χ4v) is 11.6. The number of carbonyl (C=O) groups excluding carboxylic acids is 2. The molecule has 7 atom stereocenters. The number of methoxy groups -OCH3 is 1. The van der Waals surface area contributed by atoms with Gasteiger partial charge in [0.25, 0.3) is 0 Å². The van der Waals surface area contributed by atoms with Gasteiger partial charge in [-0.1, -0.05) is 102 Å². The molecule has 4 aromatic heterocycles. The molecule has 4 aromatic carbocycles. The molecule has 2 amide bonds. The number of aromatic nitrogens is 8. The van der Waals surface area contributed by atoms with Crippen molar-refractivity contribution in [1.82, 2.24) is 55.7 Å². The minimum atomic E-state index is -1.02. The zero-order chi connectivity index (χ0) is 55.2. The van der Waals surface area contributed by atoms with E-state index in [2.05, 4.69) is 41.0 Å². The molecular formula is C56H56Cl3FN12O7. The van der Waals surface area contributed by atoms with Crippen LogP contribution in [-0.2, 0) is 20.9 Å². The van der Waals surface area contributed by atoms with Crippen LogP contribution in [-0.4, -0.2) is 137 Å². The number of H-pyrrole nitrogens is 1. The Bertz CT molecular complexity index is 3570. The van der Waals surface area contributed by atoms with Gasteiger partial charge in [0.2, 0.25) is 11.8 Å². The number of benzene rings is 4. The van der Waals surface area contributed by atoms with E-state index in [9.17, 15) is 19.8 Å². The molecule has 2 bridgehead atoms. The minimum Gasteiger partial charge on any atom is -0.486 e. The molecule has 7 heterocycles. The maximum Gasteiger partial charge on any atom is 0.319 e. The third-order valence-electron chi connectivity index (χ3n) is 15.0. The van der Waals surface area contributed by atoms with Crippen LogP contribution >= 0.6 is 34.8 Å². The van der Waals surface area contributed by atoms with Gasteiger partial charge in [-0.15, -0.1) is 5.10 Å². The summed E-state index contributed by atoms with van der Waals surface area (Å²) in [4.78, 5) is 46.2. The van der Waals surface area contributed by atoms with Crippen molar-refractivity contribution in [2.45, 2.75) is 82.6 Å². The molecule has 5 N–H and O–H groups in total. The quantitative estimate of drug-likeness (QED) is 0.0546. The lowest BCUT2D eigenvalue weighted by molar-refractivity contribution is -0.142. The highest BCUT2D eigenvalue weighted by Gasteiger charge is 2.44. The second-order valence-corrected chi connectivity index (χ2v) is 21.7. The molecule has 8 aromatic rings. The van der Waals surface area contributed by atoms with Crippen LogP contribution in [0, 0.1) is 11.7 Å². The third-order valence-corrected chi connectivity index (χ3v) is 16.0. The number of pyridine rings is 1. The maximum atomic E-state index is 15.7. The number of amides is 2. The molecule has 0 spiro atoms. The summed E-state index contributed by atoms with van der Waals surface area (Å²) in [5.41, 5.74) is 5.43. The van der Waals surface area contributed by atoms with Crippen molar-refractivity contribution < 1.29 is 38.4 Å². The first-order valence-corrected chi connectivity index (χ1v) is 27.1. The fraction of sp³-hybridized carbons (Fsp3) is 0.357. The first kappa shape index (κ1) is 53.9. The van der Waals surface area contributed by atoms with E-state index < -0.39 is 48.5 Å². The van der Waals surface area contributed by atoms with Crippen LogP contribution in [0.3, 0.4) is 0 Å². The number of anilines is 1. The van der Waals surface area contributed by atoms with Crippen molar-refractivity contribution in [2.24, 2.45) is 5.92 Å². The molecule has 3 saturated heterocycles. The summed E-state index contributed by atoms with van der Waals surface area (Å²) >= 11 is 20.5. The number of hydrogen-bond acceptors (Lipinski definition) is 15. The number of piperazine rings is 1. The number of halogens is 4. The standard InChI is InChI=1S/C56H56Cl3FN12O7/c1-28(2)51(55(76)71-23-36(74)16-46(71)54(75)64-45(25-73)33-11-9-31(10-12-33)38-20-61-14-13-40(38)57)72-24-44(68-69-72)32-7-5-30(6-8-32)27-78-52-48(47-39-21-63-67-43(39)18-42(60)49(47)59)41(58)17-37-50(52)65-56(79-26-29(3)77-4)66-53(37)70-22-34-15-35(70)19-62-34/h5-14,17-18,20-21,24,28-29,34-36,45-46,51,62,73-74H,15-16,19,22-23,25-27H2,1-4H3,(H,63,67)(H,64,75)/t29-,34-,35-,36+,45-,46-,51-/m0/s1. The van der Waals surface area contributed by atoms with Crippen LogP contribution in [0.2, 0.25) is 15.1 Å². The molecule has 79 heavy (non-hydrogen) atoms. The van der Waals surface area contributed by atoms with Gasteiger partial charge in [0.15, 0.2) is 5.75 Å². The molecule has 410 valence electrons. The Morgan fingerprint density at radius 1 is 0.924 bits per heavy atom. The van der Waals surface area contributed by atoms with Crippen LogP contribution in [0.25, 0.3) is 55.3 Å². The Kier molecular flexibility index (Phi) is 15.4. The van der Waals surface area contributed by atoms with Gasteiger partial charge in [-0.3, -0.25) is 19.7 Å². The van der Waals surface area contributed by atoms with E-state index in [0.717, 1.165) is 29.7 Å². The number of β-amino-alcohol motifs (C(OH)–C–C–N with tert-alkyl or cyclic N) is 1. The zero-order valence-corrected chi connectivity index (χ0v) is 45.7. The van der Waals surface area contributed by atoms with Crippen LogP contribution < -0.4 is 25.0 Å². The molecule has 0 radical (unpaired) electrons. The number of aromatic amines is 1. The van der Waals surface area contributed by atoms with Crippen molar-refractivity contribution in [3.8, 4) is 45.3 Å². The van der Waals surface area contributed by atoms with Gasteiger partial charge >= 0.3 is 6.01 Å². The lowest BCUT2D eigenvalue weighted by Crippen LogP contribution is -2.50. The topological polar surface area (TPSA) is 231 Å². The number of hydrogen-bond donors (Lipinski definition) is 5. The van der Waals surface area contributed by atoms with Crippen molar-refractivity contribution in [2.75, 3.05) is 44.9 Å². The van der Waals surface area contributed by atoms with E-state index in [-0.39, 0.29) is 77.7 Å². The molecule has 0 unspecified atom stereocenters. The summed E-state index contributed by atoms with van der Waals surface area (Å²) in [6.07, 6.45) is 6.23. The highest BCUT2D eigenvalue weighted by atomic mass is 35.5. The molecule has 23 heteroatoms. The summed E-state index contributed by atoms with van der Waals surface area (Å²) in [7, 11) is 1.60. The number of aliphatic hydroxyl groups excluding tert-OH is 2. The highest BCUT2D eigenvalue weighted by Crippen LogP contribution is 2.50. The summed E-state index contributed by atoms with van der Waals surface area (Å²) in [5, 5.41) is 45.4. The SMILES string of the molecule is CO[C@@H](C)COc1nc(N2C[C@@H]3C[C@H]2CN3)c2cc(Cl)c(-c3c(Cl)c(F)cc4[nH]ncc34)c(OCc3ccc(-c4cn([C@H](C(=O)N5C[C@H](O)C[C@H]5C(=O)N[C@@H](CO)c5ccc(-c6cnccc6Cl)cc5)C(C)C)nn4)cc3)c2n1. The Balaban J connectivity index is 0.852. The lowest BCUT2D eigenvalue weighted by Gasteiger charge is -2.30. The number of aliphatic hydroxyl groups is 2. The third kappa shape index (κ3) is 10.7. The van der Waals surface area contributed by atoms with Crippen LogP contribution in [0.1, 0.15) is 56.8 Å². The summed E-state index contributed by atoms with van der Waals surface area (Å²) in [5.74, 6) is -1.08. The Hall–Kier alpha value is -7.04. The molecule has 0 saturated carbocycles. The lowest BCUT2D eigenvalue weighted by atomic mass is 9.98. The second kappa shape index (κ2) is 22.6. The van der Waals surface area contributed by atoms with E-state index in [4.69, 9.17) is 59.0 Å². The number of fused-ring (bicyclic) bond motifs is 4. The van der Waals surface area contributed by atoms with Crippen molar-refractivity contribution in [1.29, 1.82) is 0 Å². The normalized spacial score (nSPS) is 19.2. The van der Waals surface area contributed by atoms with Gasteiger partial charge in [-0.25, -0.2) is 9.07 Å². The maximum absolute atomic E-state index is 15.7. The molecular weight excluding hydrogens is 1080 g/mol. The molecule has 0 aliphatic carbocycles. The van der Waals surface area contributed by atoms with Gasteiger partial charge in [0, 0.05) is 96.7 Å². The van der Waals surface area contributed by atoms with Gasteiger partial charge in [-0.2, -0.15) is 15.1 Å². The Morgan fingerprint density at radius 3 is 2.42 bits per heavy atom. The molecule has 11 rings (SSSR count). The van der Waals surface area contributed by atoms with Crippen molar-refractivity contribution in [3.63, 3.8) is 0 Å². The largest absolute Gasteiger partial charge is 0.486 e. The highest BCUT2D eigenvalue weighted by molar-refractivity contribution is 6.39. The van der Waals surface area contributed by atoms with Crippen LogP contribution in [0.15, 0.2) is 91.5 Å². The van der Waals surface area contributed by atoms with Crippen LogP contribution in [0.4, 0.5) is 10.2 Å². The molecule has 19 nitrogen and oxygen atoms in total. The smallest absolute Gasteiger partial charge is 0.319 e. The number of nitrogens with one attached hydrogen (secondary N) is 3. The number of rotatable bonds is 18. The molecule has 3 aliphatic heterocycles. The average Bonchev–Trinajstić information content (AvgIpc) is 4.47. The summed E-state index contributed by atoms with van der Waals surface area (Å²) < 4.78 is 35.7.